The van der Waals surface area contributed by atoms with Crippen LogP contribution in [0.3, 0.4) is 0 Å². The maximum absolute atomic E-state index is 12.6. The smallest absolute Gasteiger partial charge is 0.363 e. The largest absolute Gasteiger partial charge is 0.402 e. The monoisotopic (exact) mass is 456 g/mol. The Bertz CT molecular complexity index is 1390. The van der Waals surface area contributed by atoms with Gasteiger partial charge in [0.15, 0.2) is 5.70 Å². The number of para-hydroxylation sites is 1. The van der Waals surface area contributed by atoms with E-state index in [-0.39, 0.29) is 5.70 Å². The molecule has 0 N–H and O–H groups in total. The zero-order chi connectivity index (χ0) is 22.1. The summed E-state index contributed by atoms with van der Waals surface area (Å²) in [5.74, 6) is -0.168. The summed E-state index contributed by atoms with van der Waals surface area (Å²) in [6.07, 6.45) is 1.74. The zero-order valence-corrected chi connectivity index (χ0v) is 18.7. The van der Waals surface area contributed by atoms with Gasteiger partial charge in [0.2, 0.25) is 5.90 Å². The van der Waals surface area contributed by atoms with E-state index in [2.05, 4.69) is 4.99 Å². The second-order valence-electron chi connectivity index (χ2n) is 7.33. The van der Waals surface area contributed by atoms with Crippen LogP contribution in [0.2, 0.25) is 5.02 Å². The quantitative estimate of drug-likeness (QED) is 0.253. The summed E-state index contributed by atoms with van der Waals surface area (Å²) in [5.41, 5.74) is 3.81. The molecule has 0 unspecified atom stereocenters. The summed E-state index contributed by atoms with van der Waals surface area (Å²) in [6.45, 7) is 2.00. The fourth-order valence-electron chi connectivity index (χ4n) is 3.29. The van der Waals surface area contributed by atoms with Gasteiger partial charge < -0.3 is 4.74 Å². The molecule has 3 aromatic carbocycles. The van der Waals surface area contributed by atoms with E-state index >= 15 is 0 Å². The normalized spacial score (nSPS) is 14.6. The molecular weight excluding hydrogens is 440 g/mol. The van der Waals surface area contributed by atoms with Gasteiger partial charge in [0.1, 0.15) is 5.03 Å². The van der Waals surface area contributed by atoms with E-state index in [0.717, 1.165) is 37.5 Å². The van der Waals surface area contributed by atoms with Gasteiger partial charge in [-0.05, 0) is 61.5 Å². The molecule has 6 heteroatoms. The molecule has 0 saturated carbocycles. The zero-order valence-electron chi connectivity index (χ0n) is 17.1. The molecule has 1 aliphatic rings. The van der Waals surface area contributed by atoms with Crippen LogP contribution in [0.25, 0.3) is 17.0 Å². The number of nitrogens with zero attached hydrogens (tertiary/aromatic N) is 2. The molecule has 5 rings (SSSR count). The first-order chi connectivity index (χ1) is 15.5. The number of benzene rings is 3. The molecule has 0 radical (unpaired) electrons. The van der Waals surface area contributed by atoms with Crippen molar-refractivity contribution < 1.29 is 9.53 Å². The van der Waals surface area contributed by atoms with E-state index < -0.39 is 5.97 Å². The van der Waals surface area contributed by atoms with Gasteiger partial charge in [0.25, 0.3) is 0 Å². The van der Waals surface area contributed by atoms with Crippen LogP contribution in [0, 0.1) is 6.92 Å². The first kappa shape index (κ1) is 20.5. The number of cyclic esters (lactones) is 1. The third-order valence-electron chi connectivity index (χ3n) is 4.96. The minimum absolute atomic E-state index is 0.246. The van der Waals surface area contributed by atoms with E-state index in [0.29, 0.717) is 10.9 Å². The van der Waals surface area contributed by atoms with Crippen molar-refractivity contribution in [1.29, 1.82) is 0 Å². The Morgan fingerprint density at radius 2 is 1.72 bits per heavy atom. The van der Waals surface area contributed by atoms with Gasteiger partial charge in [-0.2, -0.15) is 0 Å². The Kier molecular flexibility index (Phi) is 5.52. The van der Waals surface area contributed by atoms with Crippen molar-refractivity contribution in [2.45, 2.75) is 16.8 Å². The first-order valence-corrected chi connectivity index (χ1v) is 11.2. The highest BCUT2D eigenvalue weighted by molar-refractivity contribution is 7.99. The van der Waals surface area contributed by atoms with Gasteiger partial charge in [-0.15, -0.1) is 0 Å². The molecule has 0 aliphatic carbocycles. The van der Waals surface area contributed by atoms with Gasteiger partial charge in [0.05, 0.1) is 5.52 Å². The predicted octanol–water partition coefficient (Wildman–Crippen LogP) is 6.69. The number of aryl methyl sites for hydroxylation is 1. The van der Waals surface area contributed by atoms with Crippen molar-refractivity contribution in [3.8, 4) is 0 Å². The van der Waals surface area contributed by atoms with Crippen LogP contribution in [0.15, 0.2) is 99.5 Å². The Balaban J connectivity index is 1.57. The number of fused-ring (bicyclic) bond motifs is 1. The number of rotatable bonds is 4. The molecule has 0 spiro atoms. The minimum atomic E-state index is -0.476. The molecule has 4 aromatic rings. The topological polar surface area (TPSA) is 51.5 Å². The molecule has 0 amide bonds. The summed E-state index contributed by atoms with van der Waals surface area (Å²) < 4.78 is 5.43. The SMILES string of the molecule is Cc1ccc(C2=NC(=Cc3cc4ccccc4nc3Sc3ccc(Cl)cc3)C(=O)O2)cc1. The van der Waals surface area contributed by atoms with Crippen molar-refractivity contribution >= 4 is 52.2 Å². The van der Waals surface area contributed by atoms with Crippen molar-refractivity contribution in [2.24, 2.45) is 4.99 Å². The molecule has 4 nitrogen and oxygen atoms in total. The number of esters is 1. The maximum atomic E-state index is 12.6. The second-order valence-corrected chi connectivity index (χ2v) is 8.83. The molecule has 0 atom stereocenters. The van der Waals surface area contributed by atoms with Crippen molar-refractivity contribution in [3.63, 3.8) is 0 Å². The summed E-state index contributed by atoms with van der Waals surface area (Å²) in [6, 6.07) is 25.2. The molecular formula is C26H17ClN2O2S. The van der Waals surface area contributed by atoms with E-state index in [4.69, 9.17) is 21.3 Å². The number of halogens is 1. The van der Waals surface area contributed by atoms with Crippen LogP contribution in [0.4, 0.5) is 0 Å². The third kappa shape index (κ3) is 4.31. The highest BCUT2D eigenvalue weighted by atomic mass is 35.5. The second kappa shape index (κ2) is 8.61. The van der Waals surface area contributed by atoms with Gasteiger partial charge in [-0.3, -0.25) is 0 Å². The molecule has 32 heavy (non-hydrogen) atoms. The molecule has 0 saturated heterocycles. The van der Waals surface area contributed by atoms with Crippen LogP contribution < -0.4 is 0 Å². The Morgan fingerprint density at radius 1 is 0.969 bits per heavy atom. The number of carbonyl (C=O) groups excluding carboxylic acids is 1. The summed E-state index contributed by atoms with van der Waals surface area (Å²) in [4.78, 5) is 22.8. The molecule has 156 valence electrons. The molecule has 1 aliphatic heterocycles. The molecule has 1 aromatic heterocycles. The predicted molar refractivity (Wildman–Crippen MR) is 129 cm³/mol. The van der Waals surface area contributed by atoms with E-state index in [1.165, 1.54) is 11.8 Å². The minimum Gasteiger partial charge on any atom is -0.402 e. The average molecular weight is 457 g/mol. The third-order valence-corrected chi connectivity index (χ3v) is 6.24. The van der Waals surface area contributed by atoms with Crippen LogP contribution in [0.1, 0.15) is 16.7 Å². The van der Waals surface area contributed by atoms with E-state index in [1.807, 2.05) is 85.8 Å². The number of aliphatic imine (C=N–C) groups is 1. The van der Waals surface area contributed by atoms with Crippen molar-refractivity contribution in [1.82, 2.24) is 4.98 Å². The van der Waals surface area contributed by atoms with Gasteiger partial charge in [-0.25, -0.2) is 14.8 Å². The lowest BCUT2D eigenvalue weighted by Crippen LogP contribution is -2.05. The summed E-state index contributed by atoms with van der Waals surface area (Å²) in [7, 11) is 0. The average Bonchev–Trinajstić information content (AvgIpc) is 3.16. The number of hydrogen-bond acceptors (Lipinski definition) is 5. The van der Waals surface area contributed by atoms with Crippen molar-refractivity contribution in [2.75, 3.05) is 0 Å². The number of aromatic nitrogens is 1. The lowest BCUT2D eigenvalue weighted by Gasteiger charge is -2.08. The maximum Gasteiger partial charge on any atom is 0.363 e. The number of pyridine rings is 1. The Labute approximate surface area is 194 Å². The van der Waals surface area contributed by atoms with E-state index in [9.17, 15) is 4.79 Å². The Morgan fingerprint density at radius 3 is 2.50 bits per heavy atom. The molecule has 0 bridgehead atoms. The fraction of sp³-hybridized carbons (Fsp3) is 0.0385. The molecule has 2 heterocycles. The lowest BCUT2D eigenvalue weighted by molar-refractivity contribution is -0.129. The lowest BCUT2D eigenvalue weighted by atomic mass is 10.1. The summed E-state index contributed by atoms with van der Waals surface area (Å²) >= 11 is 7.53. The fourth-order valence-corrected chi connectivity index (χ4v) is 4.29. The first-order valence-electron chi connectivity index (χ1n) is 9.98. The number of carbonyl (C=O) groups is 1. The Hall–Kier alpha value is -3.41. The van der Waals surface area contributed by atoms with Crippen LogP contribution in [0.5, 0.6) is 0 Å². The van der Waals surface area contributed by atoms with Crippen LogP contribution in [-0.4, -0.2) is 16.9 Å². The van der Waals surface area contributed by atoms with Crippen LogP contribution >= 0.6 is 23.4 Å². The summed E-state index contributed by atoms with van der Waals surface area (Å²) in [5, 5.41) is 2.43. The number of hydrogen-bond donors (Lipinski definition) is 0. The van der Waals surface area contributed by atoms with Crippen molar-refractivity contribution in [3.05, 3.63) is 106 Å². The van der Waals surface area contributed by atoms with E-state index in [1.54, 1.807) is 6.08 Å². The highest BCUT2D eigenvalue weighted by Crippen LogP contribution is 2.33. The highest BCUT2D eigenvalue weighted by Gasteiger charge is 2.24. The number of ether oxygens (including phenoxy) is 1. The van der Waals surface area contributed by atoms with Crippen LogP contribution in [-0.2, 0) is 9.53 Å². The molecule has 0 fully saturated rings. The van der Waals surface area contributed by atoms with Gasteiger partial charge >= 0.3 is 5.97 Å². The van der Waals surface area contributed by atoms with Gasteiger partial charge in [0, 0.05) is 26.4 Å². The standard InChI is InChI=1S/C26H17ClN2O2S/c1-16-6-8-17(9-7-16)24-28-23(26(30)31-24)15-19-14-18-4-2-3-5-22(18)29-25(19)32-21-12-10-20(27)11-13-21/h2-15H,1H3. The van der Waals surface area contributed by atoms with Gasteiger partial charge in [-0.1, -0.05) is 59.3 Å².